The maximum Gasteiger partial charge on any atom is 0.290 e. The highest BCUT2D eigenvalue weighted by Gasteiger charge is 2.12. The predicted molar refractivity (Wildman–Crippen MR) is 95.0 cm³/mol. The molecule has 8 heteroatoms. The molecule has 4 aromatic rings. The lowest BCUT2D eigenvalue weighted by Gasteiger charge is -2.03. The molecule has 0 saturated carbocycles. The number of nitrogens with one attached hydrogen (secondary N) is 1. The van der Waals surface area contributed by atoms with E-state index in [0.717, 1.165) is 5.56 Å². The third-order valence-electron chi connectivity index (χ3n) is 3.80. The van der Waals surface area contributed by atoms with E-state index in [4.69, 9.17) is 0 Å². The first-order valence-corrected chi connectivity index (χ1v) is 8.70. The van der Waals surface area contributed by atoms with Crippen LogP contribution in [0.1, 0.15) is 5.56 Å². The Morgan fingerprint density at radius 3 is 2.35 bits per heavy atom. The fourth-order valence-corrected chi connectivity index (χ4v) is 3.34. The monoisotopic (exact) mass is 370 g/mol. The van der Waals surface area contributed by atoms with Crippen LogP contribution in [0.25, 0.3) is 16.8 Å². The molecule has 0 aliphatic carbocycles. The van der Waals surface area contributed by atoms with Crippen LogP contribution in [-0.4, -0.2) is 19.8 Å². The number of hydrogen-bond acceptors (Lipinski definition) is 4. The molecule has 0 saturated heterocycles. The van der Waals surface area contributed by atoms with E-state index in [-0.39, 0.29) is 17.2 Å². The maximum atomic E-state index is 13.1. The summed E-state index contributed by atoms with van der Waals surface area (Å²) >= 11 is 1.37. The first kappa shape index (κ1) is 16.5. The summed E-state index contributed by atoms with van der Waals surface area (Å²) in [5, 5.41) is 11.4. The number of hydrogen-bond donors (Lipinski definition) is 1. The maximum absolute atomic E-state index is 13.1. The molecule has 0 aliphatic rings. The third kappa shape index (κ3) is 3.23. The second-order valence-electron chi connectivity index (χ2n) is 5.58. The van der Waals surface area contributed by atoms with Crippen molar-refractivity contribution in [3.8, 4) is 11.3 Å². The number of rotatable bonds is 4. The Morgan fingerprint density at radius 1 is 1.00 bits per heavy atom. The van der Waals surface area contributed by atoms with Gasteiger partial charge in [0.25, 0.3) is 5.56 Å². The normalized spacial score (nSPS) is 11.2. The number of aromatic amines is 1. The summed E-state index contributed by atoms with van der Waals surface area (Å²) in [6, 6.07) is 13.7. The second kappa shape index (κ2) is 6.72. The summed E-state index contributed by atoms with van der Waals surface area (Å²) < 4.78 is 27.6. The quantitative estimate of drug-likeness (QED) is 0.557. The highest BCUT2D eigenvalue weighted by atomic mass is 32.2. The van der Waals surface area contributed by atoms with Crippen LogP contribution in [0.2, 0.25) is 0 Å². The van der Waals surface area contributed by atoms with Gasteiger partial charge in [-0.15, -0.1) is 5.10 Å². The lowest BCUT2D eigenvalue weighted by molar-refractivity contribution is 0.627. The van der Waals surface area contributed by atoms with Gasteiger partial charge in [-0.25, -0.2) is 18.4 Å². The first-order chi connectivity index (χ1) is 12.6. The van der Waals surface area contributed by atoms with Crippen molar-refractivity contribution in [2.75, 3.05) is 0 Å². The molecule has 1 N–H and O–H groups in total. The number of aromatic nitrogens is 4. The van der Waals surface area contributed by atoms with Crippen LogP contribution in [0.15, 0.2) is 64.5 Å². The lowest BCUT2D eigenvalue weighted by atomic mass is 10.1. The average molecular weight is 370 g/mol. The van der Waals surface area contributed by atoms with Crippen LogP contribution >= 0.6 is 11.8 Å². The van der Waals surface area contributed by atoms with Gasteiger partial charge >= 0.3 is 0 Å². The first-order valence-electron chi connectivity index (χ1n) is 7.72. The molecule has 0 spiro atoms. The fraction of sp³-hybridized carbons (Fsp3) is 0.0556. The molecular formula is C18H12F2N4OS. The van der Waals surface area contributed by atoms with Crippen molar-refractivity contribution >= 4 is 17.3 Å². The van der Waals surface area contributed by atoms with Crippen molar-refractivity contribution in [2.45, 2.75) is 10.9 Å². The zero-order valence-corrected chi connectivity index (χ0v) is 14.1. The smallest absolute Gasteiger partial charge is 0.266 e. The molecule has 0 atom stereocenters. The van der Waals surface area contributed by atoms with Gasteiger partial charge in [0.2, 0.25) is 5.16 Å². The molecule has 0 radical (unpaired) electrons. The van der Waals surface area contributed by atoms with Crippen LogP contribution in [0.5, 0.6) is 0 Å². The van der Waals surface area contributed by atoms with Gasteiger partial charge in [-0.1, -0.05) is 23.9 Å². The third-order valence-corrected chi connectivity index (χ3v) is 4.80. The largest absolute Gasteiger partial charge is 0.290 e. The average Bonchev–Trinajstić information content (AvgIpc) is 3.10. The molecule has 2 heterocycles. The zero-order chi connectivity index (χ0) is 18.1. The number of thioether (sulfide) groups is 1. The minimum Gasteiger partial charge on any atom is -0.266 e. The molecule has 0 unspecified atom stereocenters. The Balaban J connectivity index is 1.69. The number of fused-ring (bicyclic) bond motifs is 1. The van der Waals surface area contributed by atoms with E-state index in [1.54, 1.807) is 30.3 Å². The Bertz CT molecular complexity index is 1120. The lowest BCUT2D eigenvalue weighted by Crippen LogP contribution is -2.13. The summed E-state index contributed by atoms with van der Waals surface area (Å²) in [4.78, 5) is 12.1. The molecule has 26 heavy (non-hydrogen) atoms. The molecule has 130 valence electrons. The van der Waals surface area contributed by atoms with E-state index >= 15 is 0 Å². The van der Waals surface area contributed by atoms with E-state index in [1.807, 2.05) is 0 Å². The van der Waals surface area contributed by atoms with Crippen LogP contribution in [0.3, 0.4) is 0 Å². The highest BCUT2D eigenvalue weighted by Crippen LogP contribution is 2.24. The molecule has 5 nitrogen and oxygen atoms in total. The molecule has 2 aromatic heterocycles. The van der Waals surface area contributed by atoms with E-state index in [9.17, 15) is 13.6 Å². The number of H-pyrrole nitrogens is 1. The minimum absolute atomic E-state index is 0.292. The standard InChI is InChI=1S/C18H12F2N4OS/c19-13-5-1-11(2-6-13)10-26-18-22-21-17(25)16-9-15(23-24(16)18)12-3-7-14(20)8-4-12/h1-9H,10H2,(H,21,25). The Hall–Kier alpha value is -3.00. The van der Waals surface area contributed by atoms with Crippen LogP contribution in [-0.2, 0) is 5.75 Å². The van der Waals surface area contributed by atoms with Gasteiger partial charge in [0.1, 0.15) is 17.2 Å². The summed E-state index contributed by atoms with van der Waals surface area (Å²) in [7, 11) is 0. The SMILES string of the molecule is O=c1[nH]nc(SCc2ccc(F)cc2)n2nc(-c3ccc(F)cc3)cc12. The van der Waals surface area contributed by atoms with Gasteiger partial charge in [0.15, 0.2) is 0 Å². The van der Waals surface area contributed by atoms with Gasteiger partial charge in [-0.2, -0.15) is 5.10 Å². The van der Waals surface area contributed by atoms with Crippen LogP contribution < -0.4 is 5.56 Å². The van der Waals surface area contributed by atoms with Crippen molar-refractivity contribution in [3.05, 3.63) is 82.1 Å². The Kier molecular flexibility index (Phi) is 4.26. The molecule has 0 fully saturated rings. The highest BCUT2D eigenvalue weighted by molar-refractivity contribution is 7.98. The molecular weight excluding hydrogens is 358 g/mol. The summed E-state index contributed by atoms with van der Waals surface area (Å²) in [6.45, 7) is 0. The molecule has 0 aliphatic heterocycles. The van der Waals surface area contributed by atoms with Gasteiger partial charge in [0.05, 0.1) is 5.69 Å². The molecule has 2 aromatic carbocycles. The second-order valence-corrected chi connectivity index (χ2v) is 6.53. The van der Waals surface area contributed by atoms with Crippen LogP contribution in [0.4, 0.5) is 8.78 Å². The number of nitrogens with zero attached hydrogens (tertiary/aromatic N) is 3. The predicted octanol–water partition coefficient (Wildman–Crippen LogP) is 3.66. The van der Waals surface area contributed by atoms with Crippen molar-refractivity contribution in [3.63, 3.8) is 0 Å². The van der Waals surface area contributed by atoms with E-state index in [1.165, 1.54) is 40.5 Å². The number of halogens is 2. The zero-order valence-electron chi connectivity index (χ0n) is 13.3. The van der Waals surface area contributed by atoms with Crippen molar-refractivity contribution < 1.29 is 8.78 Å². The summed E-state index contributed by atoms with van der Waals surface area (Å²) in [5.74, 6) is -0.0907. The van der Waals surface area contributed by atoms with Gasteiger partial charge in [0, 0.05) is 11.3 Å². The van der Waals surface area contributed by atoms with Crippen molar-refractivity contribution in [1.82, 2.24) is 19.8 Å². The van der Waals surface area contributed by atoms with Gasteiger partial charge in [-0.3, -0.25) is 4.79 Å². The molecule has 0 amide bonds. The molecule has 0 bridgehead atoms. The van der Waals surface area contributed by atoms with Crippen LogP contribution in [0, 0.1) is 11.6 Å². The minimum atomic E-state index is -0.364. The van der Waals surface area contributed by atoms with Gasteiger partial charge in [-0.05, 0) is 48.0 Å². The van der Waals surface area contributed by atoms with Gasteiger partial charge < -0.3 is 0 Å². The van der Waals surface area contributed by atoms with Crippen molar-refractivity contribution in [2.24, 2.45) is 0 Å². The summed E-state index contributed by atoms with van der Waals surface area (Å²) in [6.07, 6.45) is 0. The Morgan fingerprint density at radius 2 is 1.65 bits per heavy atom. The van der Waals surface area contributed by atoms with E-state index in [0.29, 0.717) is 27.7 Å². The van der Waals surface area contributed by atoms with Crippen molar-refractivity contribution in [1.29, 1.82) is 0 Å². The topological polar surface area (TPSA) is 63.0 Å². The van der Waals surface area contributed by atoms with E-state index < -0.39 is 0 Å². The Labute approximate surface area is 150 Å². The molecule has 4 rings (SSSR count). The summed E-state index contributed by atoms with van der Waals surface area (Å²) in [5.41, 5.74) is 2.15. The number of benzene rings is 2. The van der Waals surface area contributed by atoms with E-state index in [2.05, 4.69) is 15.3 Å². The fourth-order valence-electron chi connectivity index (χ4n) is 2.48.